The maximum atomic E-state index is 12.5. The van der Waals surface area contributed by atoms with Crippen LogP contribution in [-0.2, 0) is 19.1 Å². The van der Waals surface area contributed by atoms with Crippen LogP contribution in [0, 0.1) is 0 Å². The minimum atomic E-state index is -5.08. The molecule has 0 aromatic heterocycles. The van der Waals surface area contributed by atoms with E-state index in [1.54, 1.807) is 0 Å². The van der Waals surface area contributed by atoms with E-state index < -0.39 is 30.2 Å². The Labute approximate surface area is 149 Å². The Morgan fingerprint density at radius 3 is 2.19 bits per heavy atom. The van der Waals surface area contributed by atoms with Gasteiger partial charge in [0.05, 0.1) is 0 Å². The highest BCUT2D eigenvalue weighted by Gasteiger charge is 2.46. The van der Waals surface area contributed by atoms with E-state index in [0.29, 0.717) is 5.76 Å². The third-order valence-electron chi connectivity index (χ3n) is 3.04. The lowest BCUT2D eigenvalue weighted by Crippen LogP contribution is -2.50. The van der Waals surface area contributed by atoms with Gasteiger partial charge in [0.15, 0.2) is 0 Å². The predicted octanol–water partition coefficient (Wildman–Crippen LogP) is 3.09. The number of amides is 1. The van der Waals surface area contributed by atoms with E-state index in [-0.39, 0.29) is 31.6 Å². The van der Waals surface area contributed by atoms with Crippen LogP contribution < -0.4 is 5.32 Å². The first kappa shape index (κ1) is 23.3. The molecule has 1 unspecified atom stereocenters. The zero-order chi connectivity index (χ0) is 20.3. The molecule has 0 aliphatic rings. The molecule has 0 spiro atoms. The SMILES string of the molecule is C=CC(=C)OCC(CCCC(=O)N[C@H](C(=O)O)C(F)(F)F)OC(=C)C=C. The Bertz CT molecular complexity index is 557. The van der Waals surface area contributed by atoms with E-state index >= 15 is 0 Å². The van der Waals surface area contributed by atoms with Crippen molar-refractivity contribution in [3.05, 3.63) is 50.0 Å². The molecule has 9 heteroatoms. The second-order valence-corrected chi connectivity index (χ2v) is 5.16. The monoisotopic (exact) mass is 377 g/mol. The molecule has 1 amide bonds. The number of carboxylic acid groups (broad SMARTS) is 1. The Hall–Kier alpha value is -2.71. The Morgan fingerprint density at radius 1 is 1.15 bits per heavy atom. The molecule has 0 aliphatic heterocycles. The summed E-state index contributed by atoms with van der Waals surface area (Å²) in [6.45, 7) is 14.1. The van der Waals surface area contributed by atoms with Gasteiger partial charge in [-0.1, -0.05) is 26.3 Å². The van der Waals surface area contributed by atoms with Crippen molar-refractivity contribution in [2.24, 2.45) is 0 Å². The number of aliphatic carboxylic acids is 1. The summed E-state index contributed by atoms with van der Waals surface area (Å²) in [6.07, 6.45) is -2.82. The molecule has 26 heavy (non-hydrogen) atoms. The molecular formula is C17H22F3NO5. The van der Waals surface area contributed by atoms with E-state index in [4.69, 9.17) is 14.6 Å². The number of nitrogens with one attached hydrogen (secondary N) is 1. The van der Waals surface area contributed by atoms with Crippen molar-refractivity contribution in [1.29, 1.82) is 0 Å². The van der Waals surface area contributed by atoms with Crippen LogP contribution in [0.1, 0.15) is 19.3 Å². The minimum Gasteiger partial charge on any atom is -0.490 e. The van der Waals surface area contributed by atoms with Gasteiger partial charge in [-0.3, -0.25) is 4.79 Å². The fourth-order valence-electron chi connectivity index (χ4n) is 1.70. The fraction of sp³-hybridized carbons (Fsp3) is 0.412. The van der Waals surface area contributed by atoms with Gasteiger partial charge >= 0.3 is 12.1 Å². The van der Waals surface area contributed by atoms with E-state index in [0.717, 1.165) is 0 Å². The van der Waals surface area contributed by atoms with Crippen molar-refractivity contribution in [3.8, 4) is 0 Å². The van der Waals surface area contributed by atoms with Crippen molar-refractivity contribution in [3.63, 3.8) is 0 Å². The van der Waals surface area contributed by atoms with Crippen LogP contribution in [0.25, 0.3) is 0 Å². The molecule has 6 nitrogen and oxygen atoms in total. The summed E-state index contributed by atoms with van der Waals surface area (Å²) in [5.74, 6) is -2.65. The average Bonchev–Trinajstić information content (AvgIpc) is 2.55. The van der Waals surface area contributed by atoms with Gasteiger partial charge < -0.3 is 19.9 Å². The number of carboxylic acids is 1. The van der Waals surface area contributed by atoms with Crippen LogP contribution in [0.2, 0.25) is 0 Å². The first-order chi connectivity index (χ1) is 12.0. The van der Waals surface area contributed by atoms with E-state index in [1.165, 1.54) is 17.5 Å². The van der Waals surface area contributed by atoms with Crippen molar-refractivity contribution in [2.45, 2.75) is 37.6 Å². The van der Waals surface area contributed by atoms with E-state index in [1.807, 2.05) is 0 Å². The summed E-state index contributed by atoms with van der Waals surface area (Å²) in [5, 5.41) is 9.98. The summed E-state index contributed by atoms with van der Waals surface area (Å²) in [6, 6.07) is -2.94. The number of ether oxygens (including phenoxy) is 2. The molecule has 2 atom stereocenters. The molecule has 0 saturated heterocycles. The van der Waals surface area contributed by atoms with Gasteiger partial charge in [0, 0.05) is 6.42 Å². The Morgan fingerprint density at radius 2 is 1.73 bits per heavy atom. The normalized spacial score (nSPS) is 13.0. The van der Waals surface area contributed by atoms with Gasteiger partial charge in [-0.2, -0.15) is 13.2 Å². The minimum absolute atomic E-state index is 0.0552. The highest BCUT2D eigenvalue weighted by atomic mass is 19.4. The van der Waals surface area contributed by atoms with Crippen LogP contribution in [0.15, 0.2) is 50.0 Å². The maximum absolute atomic E-state index is 12.5. The molecule has 0 rings (SSSR count). The standard InChI is InChI=1S/C17H22F3NO5/c1-5-11(3)25-10-13(26-12(4)6-2)8-7-9-14(22)21-15(16(23)24)17(18,19)20/h5-6,13,15H,1-4,7-10H2,(H,21,22)(H,23,24)/t13?,15-/m1/s1. The summed E-state index contributed by atoms with van der Waals surface area (Å²) in [5.41, 5.74) is 0. The largest absolute Gasteiger partial charge is 0.490 e. The van der Waals surface area contributed by atoms with Crippen molar-refractivity contribution in [1.82, 2.24) is 5.32 Å². The van der Waals surface area contributed by atoms with Crippen molar-refractivity contribution < 1.29 is 37.3 Å². The number of hydrogen-bond acceptors (Lipinski definition) is 4. The summed E-state index contributed by atoms with van der Waals surface area (Å²) >= 11 is 0. The number of hydrogen-bond donors (Lipinski definition) is 2. The molecule has 146 valence electrons. The summed E-state index contributed by atoms with van der Waals surface area (Å²) in [7, 11) is 0. The molecule has 0 aliphatic carbocycles. The quantitative estimate of drug-likeness (QED) is 0.381. The van der Waals surface area contributed by atoms with Gasteiger partial charge in [0.25, 0.3) is 0 Å². The topological polar surface area (TPSA) is 84.9 Å². The maximum Gasteiger partial charge on any atom is 0.419 e. The van der Waals surface area contributed by atoms with Crippen LogP contribution in [-0.4, -0.2) is 41.9 Å². The predicted molar refractivity (Wildman–Crippen MR) is 89.0 cm³/mol. The van der Waals surface area contributed by atoms with Gasteiger partial charge in [-0.15, -0.1) is 0 Å². The third-order valence-corrected chi connectivity index (χ3v) is 3.04. The van der Waals surface area contributed by atoms with Gasteiger partial charge in [-0.25, -0.2) is 4.79 Å². The molecule has 0 saturated carbocycles. The highest BCUT2D eigenvalue weighted by molar-refractivity contribution is 5.84. The van der Waals surface area contributed by atoms with Gasteiger partial charge in [0.1, 0.15) is 24.2 Å². The second kappa shape index (κ2) is 11.0. The third kappa shape index (κ3) is 9.55. The fourth-order valence-corrected chi connectivity index (χ4v) is 1.70. The molecule has 0 aromatic carbocycles. The number of carbonyl (C=O) groups is 2. The molecule has 0 radical (unpaired) electrons. The lowest BCUT2D eigenvalue weighted by molar-refractivity contribution is -0.182. The Balaban J connectivity index is 4.57. The number of allylic oxidation sites excluding steroid dienone is 2. The van der Waals surface area contributed by atoms with E-state index in [2.05, 4.69) is 26.3 Å². The molecule has 0 aromatic rings. The molecule has 0 fully saturated rings. The lowest BCUT2D eigenvalue weighted by Gasteiger charge is -2.20. The van der Waals surface area contributed by atoms with Crippen molar-refractivity contribution >= 4 is 11.9 Å². The van der Waals surface area contributed by atoms with E-state index in [9.17, 15) is 22.8 Å². The molecule has 2 N–H and O–H groups in total. The lowest BCUT2D eigenvalue weighted by atomic mass is 10.1. The number of halogens is 3. The van der Waals surface area contributed by atoms with Crippen LogP contribution >= 0.6 is 0 Å². The zero-order valence-electron chi connectivity index (χ0n) is 14.2. The number of carbonyl (C=O) groups excluding carboxylic acids is 1. The first-order valence-corrected chi connectivity index (χ1v) is 7.52. The molecule has 0 bridgehead atoms. The first-order valence-electron chi connectivity index (χ1n) is 7.52. The highest BCUT2D eigenvalue weighted by Crippen LogP contribution is 2.20. The van der Waals surface area contributed by atoms with Gasteiger partial charge in [0.2, 0.25) is 11.9 Å². The molecular weight excluding hydrogens is 355 g/mol. The molecule has 0 heterocycles. The van der Waals surface area contributed by atoms with Gasteiger partial charge in [-0.05, 0) is 25.0 Å². The Kier molecular flexibility index (Phi) is 9.86. The average molecular weight is 377 g/mol. The second-order valence-electron chi connectivity index (χ2n) is 5.16. The summed E-state index contributed by atoms with van der Waals surface area (Å²) in [4.78, 5) is 22.2. The van der Waals surface area contributed by atoms with Crippen LogP contribution in [0.5, 0.6) is 0 Å². The van der Waals surface area contributed by atoms with Crippen molar-refractivity contribution in [2.75, 3.05) is 6.61 Å². The number of alkyl halides is 3. The number of rotatable bonds is 13. The smallest absolute Gasteiger partial charge is 0.419 e. The zero-order valence-corrected chi connectivity index (χ0v) is 14.2. The van der Waals surface area contributed by atoms with Crippen LogP contribution in [0.3, 0.4) is 0 Å². The van der Waals surface area contributed by atoms with Crippen LogP contribution in [0.4, 0.5) is 13.2 Å². The summed E-state index contributed by atoms with van der Waals surface area (Å²) < 4.78 is 48.2.